The number of nitrogens with one attached hydrogen (secondary N) is 4. The molecule has 3 rings (SSSR count). The Morgan fingerprint density at radius 2 is 1.66 bits per heavy atom. The number of halogens is 3. The van der Waals surface area contributed by atoms with Gasteiger partial charge in [0.1, 0.15) is 11.9 Å². The fraction of sp³-hybridized carbons (Fsp3) is 0.267. The summed E-state index contributed by atoms with van der Waals surface area (Å²) in [5.74, 6) is -3.47. The fourth-order valence-corrected chi connectivity index (χ4v) is 3.53. The second-order valence-corrected chi connectivity index (χ2v) is 9.72. The van der Waals surface area contributed by atoms with Gasteiger partial charge in [-0.3, -0.25) is 35.6 Å². The molecule has 1 aromatic heterocycles. The number of carboxylic acids is 1. The maximum absolute atomic E-state index is 13.4. The number of amidine groups is 1. The number of aromatic nitrogens is 1. The summed E-state index contributed by atoms with van der Waals surface area (Å²) in [5, 5.41) is 17.9. The number of aryl methyl sites for hydroxylation is 1. The lowest BCUT2D eigenvalue weighted by atomic mass is 10.0. The molecule has 7 N–H and O–H groups in total. The van der Waals surface area contributed by atoms with E-state index < -0.39 is 30.0 Å². The van der Waals surface area contributed by atoms with Gasteiger partial charge in [-0.25, -0.2) is 4.79 Å². The van der Waals surface area contributed by atoms with Crippen molar-refractivity contribution >= 4 is 35.2 Å². The molecule has 0 aliphatic carbocycles. The van der Waals surface area contributed by atoms with Crippen LogP contribution >= 0.6 is 0 Å². The predicted molar refractivity (Wildman–Crippen MR) is 164 cm³/mol. The highest BCUT2D eigenvalue weighted by molar-refractivity contribution is 5.97. The topological polar surface area (TPSA) is 209 Å². The number of ether oxygens (including phenoxy) is 2. The van der Waals surface area contributed by atoms with Crippen LogP contribution in [0, 0.1) is 12.3 Å². The molecule has 1 atom stereocenters. The number of hydrazine groups is 1. The molecule has 0 saturated heterocycles. The lowest BCUT2D eigenvalue weighted by molar-refractivity contribution is -0.192. The maximum Gasteiger partial charge on any atom is 0.490 e. The van der Waals surface area contributed by atoms with Crippen LogP contribution < -0.4 is 31.4 Å². The van der Waals surface area contributed by atoms with Crippen molar-refractivity contribution < 1.29 is 46.9 Å². The largest absolute Gasteiger partial charge is 0.490 e. The number of nitrogens with two attached hydrogens (primary N) is 1. The number of nitrogens with zero attached hydrogens (tertiary/aromatic N) is 2. The summed E-state index contributed by atoms with van der Waals surface area (Å²) in [6, 6.07) is 12.3. The van der Waals surface area contributed by atoms with Gasteiger partial charge in [0.15, 0.2) is 18.1 Å². The van der Waals surface area contributed by atoms with Crippen molar-refractivity contribution in [2.45, 2.75) is 26.1 Å². The highest BCUT2D eigenvalue weighted by Crippen LogP contribution is 2.32. The minimum atomic E-state index is -5.08. The van der Waals surface area contributed by atoms with E-state index in [4.69, 9.17) is 30.5 Å². The van der Waals surface area contributed by atoms with Gasteiger partial charge >= 0.3 is 12.1 Å². The highest BCUT2D eigenvalue weighted by atomic mass is 19.4. The monoisotopic (exact) mass is 661 g/mol. The molecule has 0 radical (unpaired) electrons. The van der Waals surface area contributed by atoms with Crippen LogP contribution in [0.1, 0.15) is 40.0 Å². The standard InChI is InChI=1S/C28H33N7O5.C2HF3O2/c1-5-39-23-14-19(8-11-22(23)40-16-24(36)35(3)4)25(32-20-9-6-18(7-10-20)26(29)30)28(38)34-33-27(37)21-15-31-13-12-17(21)2;3-2(4,5)1(6)7/h6-15,25,32H,5,16H2,1-4H3,(H3,29,30)(H,33,37)(H,34,38);(H,6,7). The van der Waals surface area contributed by atoms with E-state index in [1.807, 2.05) is 0 Å². The van der Waals surface area contributed by atoms with E-state index in [1.54, 1.807) is 82.7 Å². The molecule has 0 fully saturated rings. The molecular weight excluding hydrogens is 627 g/mol. The number of anilines is 1. The number of hydrogen-bond acceptors (Lipinski definition) is 9. The Kier molecular flexibility index (Phi) is 13.5. The van der Waals surface area contributed by atoms with E-state index >= 15 is 0 Å². The van der Waals surface area contributed by atoms with Gasteiger partial charge in [-0.15, -0.1) is 0 Å². The average molecular weight is 662 g/mol. The molecule has 3 amide bonds. The maximum atomic E-state index is 13.4. The second kappa shape index (κ2) is 17.0. The van der Waals surface area contributed by atoms with Crippen LogP contribution in [0.4, 0.5) is 18.9 Å². The van der Waals surface area contributed by atoms with Crippen molar-refractivity contribution in [1.29, 1.82) is 5.41 Å². The van der Waals surface area contributed by atoms with Gasteiger partial charge < -0.3 is 30.5 Å². The van der Waals surface area contributed by atoms with E-state index in [0.717, 1.165) is 0 Å². The molecule has 14 nitrogen and oxygen atoms in total. The molecule has 17 heteroatoms. The van der Waals surface area contributed by atoms with Gasteiger partial charge in [0.2, 0.25) is 0 Å². The molecule has 47 heavy (non-hydrogen) atoms. The zero-order valence-electron chi connectivity index (χ0n) is 25.8. The van der Waals surface area contributed by atoms with Crippen molar-refractivity contribution in [2.24, 2.45) is 5.73 Å². The van der Waals surface area contributed by atoms with Crippen LogP contribution in [0.5, 0.6) is 11.5 Å². The van der Waals surface area contributed by atoms with Gasteiger partial charge in [-0.1, -0.05) is 6.07 Å². The molecular formula is C30H34F3N7O7. The zero-order valence-corrected chi connectivity index (χ0v) is 25.8. The summed E-state index contributed by atoms with van der Waals surface area (Å²) in [6.45, 7) is 3.70. The molecule has 3 aromatic rings. The first kappa shape index (κ1) is 37.3. The summed E-state index contributed by atoms with van der Waals surface area (Å²) in [4.78, 5) is 52.4. The molecule has 0 saturated carbocycles. The van der Waals surface area contributed by atoms with Crippen LogP contribution in [-0.4, -0.2) is 78.0 Å². The van der Waals surface area contributed by atoms with E-state index in [2.05, 4.69) is 21.2 Å². The fourth-order valence-electron chi connectivity index (χ4n) is 3.53. The van der Waals surface area contributed by atoms with Gasteiger partial charge in [0.25, 0.3) is 17.7 Å². The summed E-state index contributed by atoms with van der Waals surface area (Å²) in [6.07, 6.45) is -2.10. The summed E-state index contributed by atoms with van der Waals surface area (Å²) in [7, 11) is 3.26. The van der Waals surface area contributed by atoms with Crippen LogP contribution in [-0.2, 0) is 14.4 Å². The SMILES string of the molecule is CCOc1cc(C(Nc2ccc(C(=N)N)cc2)C(=O)NNC(=O)c2cnccc2C)ccc1OCC(=O)N(C)C.O=C(O)C(F)(F)F. The van der Waals surface area contributed by atoms with Crippen molar-refractivity contribution in [1.82, 2.24) is 20.7 Å². The number of pyridine rings is 1. The third-order valence-corrected chi connectivity index (χ3v) is 6.05. The summed E-state index contributed by atoms with van der Waals surface area (Å²) in [5.41, 5.74) is 13.1. The first-order valence-electron chi connectivity index (χ1n) is 13.7. The van der Waals surface area contributed by atoms with Gasteiger partial charge in [0.05, 0.1) is 12.2 Å². The Morgan fingerprint density at radius 3 is 2.19 bits per heavy atom. The Bertz CT molecular complexity index is 1580. The number of amides is 3. The average Bonchev–Trinajstić information content (AvgIpc) is 3.02. The number of nitrogen functional groups attached to an aromatic ring is 1. The third-order valence-electron chi connectivity index (χ3n) is 6.05. The summed E-state index contributed by atoms with van der Waals surface area (Å²) < 4.78 is 43.1. The van der Waals surface area contributed by atoms with Crippen LogP contribution in [0.2, 0.25) is 0 Å². The molecule has 0 spiro atoms. The Labute approximate surface area is 267 Å². The number of alkyl halides is 3. The minimum absolute atomic E-state index is 0.0843. The smallest absolute Gasteiger partial charge is 0.490 e. The molecule has 1 unspecified atom stereocenters. The number of benzene rings is 2. The van der Waals surface area contributed by atoms with Gasteiger partial charge in [-0.2, -0.15) is 13.2 Å². The minimum Gasteiger partial charge on any atom is -0.490 e. The number of carbonyl (C=O) groups excluding carboxylic acids is 3. The van der Waals surface area contributed by atoms with Crippen LogP contribution in [0.25, 0.3) is 0 Å². The summed E-state index contributed by atoms with van der Waals surface area (Å²) >= 11 is 0. The zero-order chi connectivity index (χ0) is 35.3. The van der Waals surface area contributed by atoms with Crippen molar-refractivity contribution in [3.05, 3.63) is 83.2 Å². The number of hydrogen-bond donors (Lipinski definition) is 6. The van der Waals surface area contributed by atoms with Gasteiger partial charge in [-0.05, 0) is 67.4 Å². The highest BCUT2D eigenvalue weighted by Gasteiger charge is 2.38. The van der Waals surface area contributed by atoms with Crippen molar-refractivity contribution in [3.8, 4) is 11.5 Å². The second-order valence-electron chi connectivity index (χ2n) is 9.72. The lowest BCUT2D eigenvalue weighted by Crippen LogP contribution is -2.45. The van der Waals surface area contributed by atoms with Crippen LogP contribution in [0.3, 0.4) is 0 Å². The molecule has 1 heterocycles. The Balaban J connectivity index is 0.000000984. The third kappa shape index (κ3) is 11.5. The van der Waals surface area contributed by atoms with Gasteiger partial charge in [0, 0.05) is 37.7 Å². The lowest BCUT2D eigenvalue weighted by Gasteiger charge is -2.22. The van der Waals surface area contributed by atoms with E-state index in [0.29, 0.717) is 46.0 Å². The first-order chi connectivity index (χ1) is 22.0. The number of carboxylic acid groups (broad SMARTS) is 1. The number of aliphatic carboxylic acids is 1. The molecule has 252 valence electrons. The van der Waals surface area contributed by atoms with Crippen molar-refractivity contribution in [2.75, 3.05) is 32.6 Å². The van der Waals surface area contributed by atoms with E-state index in [9.17, 15) is 27.6 Å². The number of carbonyl (C=O) groups is 4. The Morgan fingerprint density at radius 1 is 1.02 bits per heavy atom. The normalized spacial score (nSPS) is 11.1. The van der Waals surface area contributed by atoms with E-state index in [1.165, 1.54) is 11.1 Å². The number of likely N-dealkylation sites (N-methyl/N-ethyl adjacent to an activating group) is 1. The van der Waals surface area contributed by atoms with E-state index in [-0.39, 0.29) is 18.3 Å². The first-order valence-corrected chi connectivity index (χ1v) is 13.7. The molecule has 0 aliphatic heterocycles. The molecule has 0 bridgehead atoms. The quantitative estimate of drug-likeness (QED) is 0.101. The number of rotatable bonds is 11. The van der Waals surface area contributed by atoms with Crippen molar-refractivity contribution in [3.63, 3.8) is 0 Å². The Hall–Kier alpha value is -5.87. The van der Waals surface area contributed by atoms with Crippen LogP contribution in [0.15, 0.2) is 60.9 Å². The molecule has 0 aliphatic rings. The molecule has 2 aromatic carbocycles. The predicted octanol–water partition coefficient (Wildman–Crippen LogP) is 2.79.